The molecule has 9 heteroatoms. The van der Waals surface area contributed by atoms with Gasteiger partial charge in [0.1, 0.15) is 13.2 Å². The van der Waals surface area contributed by atoms with Gasteiger partial charge in [0.25, 0.3) is 0 Å². The number of hydrogen-bond acceptors (Lipinski definition) is 8. The predicted octanol–water partition coefficient (Wildman–Crippen LogP) is 27.9. The third-order valence-electron chi connectivity index (χ3n) is 19.8. The predicted molar refractivity (Wildman–Crippen MR) is 449 cm³/mol. The van der Waals surface area contributed by atoms with E-state index in [1.807, 2.05) is 21.1 Å². The lowest BCUT2D eigenvalue weighted by atomic mass is 10.0. The summed E-state index contributed by atoms with van der Waals surface area (Å²) in [5.41, 5.74) is 0. The SMILES string of the molecule is CC/C=C\C/C=C\C/C=C\C/C=C\C/C=C\C/C=C\C/C=C\C/C=C\C/C=C\CCCCCCCCCCCCCC(=O)OC(COC(=O)CCCCCCCCCCCCCCCCCCCCCCCCCCCCCCCCCCCCCCCCCC)COC(OCC[N+](C)(C)C)C(=O)[O-]. The molecule has 602 valence electrons. The summed E-state index contributed by atoms with van der Waals surface area (Å²) in [4.78, 5) is 37.7. The van der Waals surface area contributed by atoms with Crippen molar-refractivity contribution < 1.29 is 42.9 Å². The number of aliphatic carboxylic acids is 1. The summed E-state index contributed by atoms with van der Waals surface area (Å²) < 4.78 is 22.9. The van der Waals surface area contributed by atoms with Gasteiger partial charge in [0.2, 0.25) is 0 Å². The summed E-state index contributed by atoms with van der Waals surface area (Å²) in [5.74, 6) is -2.27. The Bertz CT molecular complexity index is 2090. The van der Waals surface area contributed by atoms with Gasteiger partial charge in [-0.25, -0.2) is 0 Å². The van der Waals surface area contributed by atoms with Gasteiger partial charge in [-0.2, -0.15) is 0 Å². The number of esters is 2. The molecule has 0 aliphatic carbocycles. The number of quaternary nitrogens is 1. The van der Waals surface area contributed by atoms with Gasteiger partial charge < -0.3 is 33.3 Å². The molecule has 0 radical (unpaired) electrons. The summed E-state index contributed by atoms with van der Waals surface area (Å²) in [5, 5.41) is 11.9. The first-order valence-electron chi connectivity index (χ1n) is 44.5. The van der Waals surface area contributed by atoms with Crippen LogP contribution in [0.1, 0.15) is 418 Å². The van der Waals surface area contributed by atoms with Gasteiger partial charge in [-0.15, -0.1) is 0 Å². The number of hydrogen-bond donors (Lipinski definition) is 0. The molecule has 0 aliphatic rings. The van der Waals surface area contributed by atoms with Crippen molar-refractivity contribution >= 4 is 17.9 Å². The Morgan fingerprint density at radius 1 is 0.298 bits per heavy atom. The van der Waals surface area contributed by atoms with Gasteiger partial charge in [-0.1, -0.05) is 431 Å². The minimum Gasteiger partial charge on any atom is -0.545 e. The highest BCUT2D eigenvalue weighted by molar-refractivity contribution is 5.70. The summed E-state index contributed by atoms with van der Waals surface area (Å²) in [6.07, 6.45) is 117. The molecule has 0 rings (SSSR count). The third kappa shape index (κ3) is 85.2. The molecule has 0 aromatic carbocycles. The van der Waals surface area contributed by atoms with Crippen LogP contribution >= 0.6 is 0 Å². The zero-order valence-corrected chi connectivity index (χ0v) is 69.1. The van der Waals surface area contributed by atoms with E-state index in [-0.39, 0.29) is 32.2 Å². The maximum Gasteiger partial charge on any atom is 0.306 e. The second-order valence-corrected chi connectivity index (χ2v) is 31.2. The summed E-state index contributed by atoms with van der Waals surface area (Å²) >= 11 is 0. The fourth-order valence-electron chi connectivity index (χ4n) is 13.1. The number of likely N-dealkylation sites (N-methyl/N-ethyl adjacent to an activating group) is 1. The van der Waals surface area contributed by atoms with Gasteiger partial charge in [0.15, 0.2) is 12.4 Å². The number of ether oxygens (including phenoxy) is 4. The Balaban J connectivity index is 3.97. The maximum atomic E-state index is 13.0. The number of unbranched alkanes of at least 4 members (excludes halogenated alkanes) is 50. The first kappa shape index (κ1) is 99.9. The van der Waals surface area contributed by atoms with Crippen LogP contribution in [0.15, 0.2) is 109 Å². The highest BCUT2D eigenvalue weighted by Gasteiger charge is 2.22. The lowest BCUT2D eigenvalue weighted by Gasteiger charge is -2.26. The summed E-state index contributed by atoms with van der Waals surface area (Å²) in [6, 6.07) is 0. The number of carboxylic acid groups (broad SMARTS) is 1. The van der Waals surface area contributed by atoms with Crippen LogP contribution < -0.4 is 5.11 Å². The minimum absolute atomic E-state index is 0.145. The monoisotopic (exact) mass is 1450 g/mol. The zero-order chi connectivity index (χ0) is 75.3. The Morgan fingerprint density at radius 2 is 0.548 bits per heavy atom. The minimum atomic E-state index is -1.63. The van der Waals surface area contributed by atoms with Crippen molar-refractivity contribution in [1.29, 1.82) is 0 Å². The molecule has 104 heavy (non-hydrogen) atoms. The molecule has 0 N–H and O–H groups in total. The van der Waals surface area contributed by atoms with Crippen LogP contribution in [-0.2, 0) is 33.3 Å². The quantitative estimate of drug-likeness (QED) is 0.0195. The molecule has 0 amide bonds. The largest absolute Gasteiger partial charge is 0.545 e. The highest BCUT2D eigenvalue weighted by atomic mass is 16.7. The van der Waals surface area contributed by atoms with Crippen LogP contribution in [0.25, 0.3) is 0 Å². The van der Waals surface area contributed by atoms with Crippen molar-refractivity contribution in [3.05, 3.63) is 109 Å². The van der Waals surface area contributed by atoms with E-state index in [2.05, 4.69) is 123 Å². The summed E-state index contributed by atoms with van der Waals surface area (Å²) in [7, 11) is 5.95. The summed E-state index contributed by atoms with van der Waals surface area (Å²) in [6.45, 7) is 4.69. The molecule has 0 saturated heterocycles. The molecule has 0 aromatic heterocycles. The van der Waals surface area contributed by atoms with E-state index in [4.69, 9.17) is 18.9 Å². The topological polar surface area (TPSA) is 111 Å². The first-order valence-corrected chi connectivity index (χ1v) is 44.5. The molecular formula is C95H169NO8. The van der Waals surface area contributed by atoms with Crippen LogP contribution in [0.3, 0.4) is 0 Å². The van der Waals surface area contributed by atoms with E-state index >= 15 is 0 Å². The molecule has 2 atom stereocenters. The van der Waals surface area contributed by atoms with Gasteiger partial charge in [0.05, 0.1) is 40.3 Å². The number of nitrogens with zero attached hydrogens (tertiary/aromatic N) is 1. The number of carbonyl (C=O) groups excluding carboxylic acids is 3. The smallest absolute Gasteiger partial charge is 0.306 e. The second-order valence-electron chi connectivity index (χ2n) is 31.2. The number of carboxylic acids is 1. The lowest BCUT2D eigenvalue weighted by Crippen LogP contribution is -2.44. The van der Waals surface area contributed by atoms with Crippen molar-refractivity contribution in [2.45, 2.75) is 431 Å². The molecule has 0 spiro atoms. The zero-order valence-electron chi connectivity index (χ0n) is 69.1. The van der Waals surface area contributed by atoms with Gasteiger partial charge in [0, 0.05) is 12.8 Å². The molecule has 0 fully saturated rings. The van der Waals surface area contributed by atoms with E-state index < -0.39 is 24.3 Å². The number of carbonyl (C=O) groups is 3. The van der Waals surface area contributed by atoms with Crippen molar-refractivity contribution in [3.8, 4) is 0 Å². The average molecular weight is 1450 g/mol. The third-order valence-corrected chi connectivity index (χ3v) is 19.8. The van der Waals surface area contributed by atoms with Gasteiger partial charge >= 0.3 is 11.9 Å². The standard InChI is InChI=1S/C95H169NO8/c1-6-8-10-12-14-16-18-20-22-24-26-28-30-32-34-36-38-40-42-44-46-48-49-51-53-55-57-59-61-63-65-67-69-71-73-75-77-79-81-83-85-92(97)102-89-91(90-103-95(94(99)100)101-88-87-96(3,4)5)104-93(98)86-84-82-80-78-76-74-72-70-68-66-64-62-60-58-56-54-52-50-47-45-43-41-39-37-35-33-31-29-27-25-23-21-19-17-15-13-11-9-7-2/h9,11,15,17,21,23,27,29,33,35,39,41,45,47,52,54,58,60,91,95H,6-8,10,12-14,16,18-20,22,24-26,28,30-32,34,36-38,40,42-44,46,48-51,53,55-57,59,61-90H2,1-5H3/b11-9-,17-15-,23-21-,29-27-,35-33-,41-39-,47-45-,54-52-,60-58-. The maximum absolute atomic E-state index is 13.0. The number of allylic oxidation sites excluding steroid dienone is 18. The fourth-order valence-corrected chi connectivity index (χ4v) is 13.1. The van der Waals surface area contributed by atoms with Crippen LogP contribution in [0.4, 0.5) is 0 Å². The fraction of sp³-hybridized carbons (Fsp3) is 0.779. The van der Waals surface area contributed by atoms with E-state index in [1.54, 1.807) is 0 Å². The molecule has 9 nitrogen and oxygen atoms in total. The molecule has 0 bridgehead atoms. The van der Waals surface area contributed by atoms with Crippen molar-refractivity contribution in [3.63, 3.8) is 0 Å². The van der Waals surface area contributed by atoms with Crippen molar-refractivity contribution in [1.82, 2.24) is 0 Å². The van der Waals surface area contributed by atoms with E-state index in [0.29, 0.717) is 23.9 Å². The molecule has 2 unspecified atom stereocenters. The van der Waals surface area contributed by atoms with Crippen LogP contribution in [0.5, 0.6) is 0 Å². The Kier molecular flexibility index (Phi) is 81.3. The Labute approximate surface area is 645 Å². The van der Waals surface area contributed by atoms with Crippen molar-refractivity contribution in [2.75, 3.05) is 47.5 Å². The second kappa shape index (κ2) is 84.6. The van der Waals surface area contributed by atoms with E-state index in [0.717, 1.165) is 103 Å². The first-order chi connectivity index (χ1) is 51.1. The van der Waals surface area contributed by atoms with Gasteiger partial charge in [-0.3, -0.25) is 9.59 Å². The van der Waals surface area contributed by atoms with Gasteiger partial charge in [-0.05, 0) is 83.5 Å². The lowest BCUT2D eigenvalue weighted by molar-refractivity contribution is -0.870. The molecule has 0 aliphatic heterocycles. The van der Waals surface area contributed by atoms with Crippen molar-refractivity contribution in [2.24, 2.45) is 0 Å². The van der Waals surface area contributed by atoms with E-state index in [1.165, 1.54) is 283 Å². The van der Waals surface area contributed by atoms with Crippen LogP contribution in [0.2, 0.25) is 0 Å². The van der Waals surface area contributed by atoms with Crippen LogP contribution in [0, 0.1) is 0 Å². The van der Waals surface area contributed by atoms with E-state index in [9.17, 15) is 19.5 Å². The normalized spacial score (nSPS) is 13.1. The molecule has 0 saturated carbocycles. The molecule has 0 heterocycles. The van der Waals surface area contributed by atoms with Crippen LogP contribution in [-0.4, -0.2) is 82.3 Å². The molecule has 0 aromatic rings. The highest BCUT2D eigenvalue weighted by Crippen LogP contribution is 2.20. The average Bonchev–Trinajstić information content (AvgIpc) is 1.13. The Morgan fingerprint density at radius 3 is 0.817 bits per heavy atom. The molecular weight excluding hydrogens is 1280 g/mol. The Hall–Kier alpha value is -4.05. The number of rotatable bonds is 83.